The number of amides is 1. The molecule has 1 atom stereocenters. The molecule has 3 rings (SSSR count). The third-order valence-electron chi connectivity index (χ3n) is 5.06. The van der Waals surface area contributed by atoms with Gasteiger partial charge in [0, 0.05) is 49.0 Å². The van der Waals surface area contributed by atoms with Gasteiger partial charge in [0.25, 0.3) is 0 Å². The van der Waals surface area contributed by atoms with E-state index in [0.717, 1.165) is 31.7 Å². The highest BCUT2D eigenvalue weighted by Gasteiger charge is 2.26. The molecule has 2 aromatic rings. The first-order valence-electron chi connectivity index (χ1n) is 9.31. The predicted octanol–water partition coefficient (Wildman–Crippen LogP) is 3.63. The Hall–Kier alpha value is -2.15. The lowest BCUT2D eigenvalue weighted by molar-refractivity contribution is -0.121. The van der Waals surface area contributed by atoms with E-state index in [4.69, 9.17) is 16.3 Å². The largest absolute Gasteiger partial charge is 0.496 e. The molecule has 0 aromatic heterocycles. The Bertz CT molecular complexity index is 825. The van der Waals surface area contributed by atoms with Gasteiger partial charge in [-0.3, -0.25) is 14.6 Å². The molecular formula is C21H25ClFN3O2. The van der Waals surface area contributed by atoms with Crippen LogP contribution in [0.15, 0.2) is 42.5 Å². The van der Waals surface area contributed by atoms with Gasteiger partial charge in [-0.05, 0) is 43.3 Å². The molecule has 0 saturated carbocycles. The lowest BCUT2D eigenvalue weighted by atomic mass is 10.1. The number of anilines is 1. The molecule has 1 saturated heterocycles. The van der Waals surface area contributed by atoms with Crippen molar-refractivity contribution in [3.8, 4) is 5.75 Å². The number of piperazine rings is 1. The molecule has 1 aliphatic rings. The number of hydrogen-bond donors (Lipinski definition) is 1. The molecule has 0 aliphatic carbocycles. The summed E-state index contributed by atoms with van der Waals surface area (Å²) in [5.41, 5.74) is 1.53. The molecule has 1 heterocycles. The van der Waals surface area contributed by atoms with Crippen LogP contribution in [0.2, 0.25) is 5.02 Å². The highest BCUT2D eigenvalue weighted by Crippen LogP contribution is 2.22. The molecule has 0 spiro atoms. The summed E-state index contributed by atoms with van der Waals surface area (Å²) < 4.78 is 18.9. The summed E-state index contributed by atoms with van der Waals surface area (Å²) in [6.07, 6.45) is 0. The van der Waals surface area contributed by atoms with Crippen molar-refractivity contribution in [2.24, 2.45) is 0 Å². The molecule has 1 fully saturated rings. The number of rotatable bonds is 6. The van der Waals surface area contributed by atoms with Crippen LogP contribution < -0.4 is 10.1 Å². The molecule has 1 aliphatic heterocycles. The van der Waals surface area contributed by atoms with Gasteiger partial charge in [-0.25, -0.2) is 4.39 Å². The zero-order valence-corrected chi connectivity index (χ0v) is 16.9. The topological polar surface area (TPSA) is 44.8 Å². The molecular weight excluding hydrogens is 381 g/mol. The maximum Gasteiger partial charge on any atom is 0.241 e. The van der Waals surface area contributed by atoms with Crippen LogP contribution in [-0.4, -0.2) is 55.0 Å². The van der Waals surface area contributed by atoms with Gasteiger partial charge in [-0.2, -0.15) is 0 Å². The van der Waals surface area contributed by atoms with Crippen molar-refractivity contribution >= 4 is 23.2 Å². The van der Waals surface area contributed by atoms with E-state index in [1.807, 2.05) is 19.1 Å². The maximum absolute atomic E-state index is 13.6. The van der Waals surface area contributed by atoms with E-state index in [9.17, 15) is 9.18 Å². The minimum atomic E-state index is -0.263. The molecule has 150 valence electrons. The van der Waals surface area contributed by atoms with Gasteiger partial charge in [-0.1, -0.05) is 17.7 Å². The zero-order chi connectivity index (χ0) is 20.1. The lowest BCUT2D eigenvalue weighted by Crippen LogP contribution is -2.52. The van der Waals surface area contributed by atoms with Crippen LogP contribution in [-0.2, 0) is 11.3 Å². The zero-order valence-electron chi connectivity index (χ0n) is 16.1. The summed E-state index contributed by atoms with van der Waals surface area (Å²) >= 11 is 5.97. The molecule has 1 N–H and O–H groups in total. The first-order chi connectivity index (χ1) is 13.5. The Morgan fingerprint density at radius 3 is 2.64 bits per heavy atom. The van der Waals surface area contributed by atoms with E-state index in [1.54, 1.807) is 25.3 Å². The number of hydrogen-bond acceptors (Lipinski definition) is 4. The molecule has 0 unspecified atom stereocenters. The molecule has 28 heavy (non-hydrogen) atoms. The number of carbonyl (C=O) groups is 1. The Kier molecular flexibility index (Phi) is 6.88. The minimum Gasteiger partial charge on any atom is -0.496 e. The van der Waals surface area contributed by atoms with Gasteiger partial charge < -0.3 is 10.1 Å². The van der Waals surface area contributed by atoms with Gasteiger partial charge in [-0.15, -0.1) is 0 Å². The van der Waals surface area contributed by atoms with Crippen LogP contribution in [0.1, 0.15) is 12.5 Å². The van der Waals surface area contributed by atoms with E-state index >= 15 is 0 Å². The first kappa shape index (κ1) is 20.6. The van der Waals surface area contributed by atoms with Crippen molar-refractivity contribution in [1.82, 2.24) is 9.80 Å². The van der Waals surface area contributed by atoms with E-state index in [0.29, 0.717) is 23.0 Å². The molecule has 0 bridgehead atoms. The van der Waals surface area contributed by atoms with Gasteiger partial charge in [0.05, 0.1) is 13.2 Å². The van der Waals surface area contributed by atoms with Gasteiger partial charge in [0.2, 0.25) is 5.91 Å². The summed E-state index contributed by atoms with van der Waals surface area (Å²) in [7, 11) is 1.59. The number of carbonyl (C=O) groups excluding carboxylic acids is 1. The van der Waals surface area contributed by atoms with Crippen LogP contribution in [0.5, 0.6) is 5.75 Å². The normalized spacial score (nSPS) is 16.6. The fourth-order valence-electron chi connectivity index (χ4n) is 3.40. The van der Waals surface area contributed by atoms with Crippen molar-refractivity contribution in [3.05, 3.63) is 58.9 Å². The van der Waals surface area contributed by atoms with Crippen LogP contribution >= 0.6 is 11.6 Å². The van der Waals surface area contributed by atoms with Crippen LogP contribution in [0.25, 0.3) is 0 Å². The number of benzene rings is 2. The van der Waals surface area contributed by atoms with Crippen molar-refractivity contribution in [2.75, 3.05) is 38.6 Å². The molecule has 7 heteroatoms. The van der Waals surface area contributed by atoms with Crippen molar-refractivity contribution in [3.63, 3.8) is 0 Å². The van der Waals surface area contributed by atoms with Crippen molar-refractivity contribution < 1.29 is 13.9 Å². The predicted molar refractivity (Wildman–Crippen MR) is 109 cm³/mol. The van der Waals surface area contributed by atoms with E-state index in [-0.39, 0.29) is 17.8 Å². The lowest BCUT2D eigenvalue weighted by Gasteiger charge is -2.37. The van der Waals surface area contributed by atoms with Gasteiger partial charge >= 0.3 is 0 Å². The number of nitrogens with one attached hydrogen (secondary N) is 1. The van der Waals surface area contributed by atoms with Crippen LogP contribution in [0.3, 0.4) is 0 Å². The Morgan fingerprint density at radius 2 is 1.96 bits per heavy atom. The SMILES string of the molecule is COc1ccc(F)cc1CN1CCN([C@@H](C)C(=O)Nc2cccc(Cl)c2)CC1. The summed E-state index contributed by atoms with van der Waals surface area (Å²) in [5, 5.41) is 3.50. The minimum absolute atomic E-state index is 0.0532. The average molecular weight is 406 g/mol. The average Bonchev–Trinajstić information content (AvgIpc) is 2.68. The monoisotopic (exact) mass is 405 g/mol. The Morgan fingerprint density at radius 1 is 1.21 bits per heavy atom. The number of nitrogens with zero attached hydrogens (tertiary/aromatic N) is 2. The van der Waals surface area contributed by atoms with E-state index < -0.39 is 0 Å². The highest BCUT2D eigenvalue weighted by atomic mass is 35.5. The highest BCUT2D eigenvalue weighted by molar-refractivity contribution is 6.30. The molecule has 2 aromatic carbocycles. The molecule has 0 radical (unpaired) electrons. The maximum atomic E-state index is 13.6. The first-order valence-corrected chi connectivity index (χ1v) is 9.69. The second-order valence-corrected chi connectivity index (χ2v) is 7.38. The fraction of sp³-hybridized carbons (Fsp3) is 0.381. The van der Waals surface area contributed by atoms with Crippen LogP contribution in [0.4, 0.5) is 10.1 Å². The van der Waals surface area contributed by atoms with Crippen molar-refractivity contribution in [1.29, 1.82) is 0 Å². The van der Waals surface area contributed by atoms with Gasteiger partial charge in [0.1, 0.15) is 11.6 Å². The smallest absolute Gasteiger partial charge is 0.241 e. The van der Waals surface area contributed by atoms with Gasteiger partial charge in [0.15, 0.2) is 0 Å². The third kappa shape index (κ3) is 5.22. The fourth-order valence-corrected chi connectivity index (χ4v) is 3.59. The number of ether oxygens (including phenoxy) is 1. The summed E-state index contributed by atoms with van der Waals surface area (Å²) in [5.74, 6) is 0.376. The Labute approximate surface area is 170 Å². The second-order valence-electron chi connectivity index (χ2n) is 6.94. The molecule has 5 nitrogen and oxygen atoms in total. The quantitative estimate of drug-likeness (QED) is 0.797. The third-order valence-corrected chi connectivity index (χ3v) is 5.30. The summed E-state index contributed by atoms with van der Waals surface area (Å²) in [6.45, 7) is 5.66. The van der Waals surface area contributed by atoms with Crippen LogP contribution in [0, 0.1) is 5.82 Å². The second kappa shape index (κ2) is 9.37. The number of methoxy groups -OCH3 is 1. The standard InChI is InChI=1S/C21H25ClFN3O2/c1-15(21(27)24-19-5-3-4-17(22)13-19)26-10-8-25(9-11-26)14-16-12-18(23)6-7-20(16)28-2/h3-7,12-13,15H,8-11,14H2,1-2H3,(H,24,27)/t15-/m0/s1. The Balaban J connectivity index is 1.53. The summed E-state index contributed by atoms with van der Waals surface area (Å²) in [6, 6.07) is 11.5. The van der Waals surface area contributed by atoms with Crippen molar-refractivity contribution in [2.45, 2.75) is 19.5 Å². The number of halogens is 2. The molecule has 1 amide bonds. The van der Waals surface area contributed by atoms with E-state index in [1.165, 1.54) is 12.1 Å². The summed E-state index contributed by atoms with van der Waals surface area (Å²) in [4.78, 5) is 16.9. The van der Waals surface area contributed by atoms with E-state index in [2.05, 4.69) is 15.1 Å².